The van der Waals surface area contributed by atoms with Crippen LogP contribution < -0.4 is 5.32 Å². The molecule has 0 spiro atoms. The van der Waals surface area contributed by atoms with E-state index in [4.69, 9.17) is 0 Å². The molecule has 2 unspecified atom stereocenters. The second-order valence-corrected chi connectivity index (χ2v) is 9.77. The lowest BCUT2D eigenvalue weighted by molar-refractivity contribution is 0.0161. The number of aliphatic hydroxyl groups is 1. The third-order valence-corrected chi connectivity index (χ3v) is 6.98. The lowest BCUT2D eigenvalue weighted by Gasteiger charge is -2.48. The van der Waals surface area contributed by atoms with Crippen LogP contribution in [0.15, 0.2) is 18.2 Å². The number of rotatable bonds is 5. The number of amides is 1. The molecule has 176 valence electrons. The van der Waals surface area contributed by atoms with E-state index in [0.29, 0.717) is 25.3 Å². The molecule has 1 saturated heterocycles. The molecule has 10 heteroatoms. The normalized spacial score (nSPS) is 20.4. The number of fused-ring (bicyclic) bond motifs is 2. The minimum Gasteiger partial charge on any atom is -0.478 e. The molecule has 1 fully saturated rings. The Labute approximate surface area is 203 Å². The van der Waals surface area contributed by atoms with Crippen LogP contribution in [0, 0.1) is 22.1 Å². The molecule has 1 amide bonds. The highest BCUT2D eigenvalue weighted by Gasteiger charge is 2.44. The summed E-state index contributed by atoms with van der Waals surface area (Å²) in [5, 5.41) is 22.1. The molecule has 0 radical (unpaired) electrons. The van der Waals surface area contributed by atoms with E-state index in [2.05, 4.69) is 27.9 Å². The third kappa shape index (κ3) is 4.19. The average Bonchev–Trinajstić information content (AvgIpc) is 2.73. The van der Waals surface area contributed by atoms with Gasteiger partial charge in [-0.25, -0.2) is 13.6 Å². The number of carbonyl (C=O) groups excluding carboxylic acids is 1. The van der Waals surface area contributed by atoms with Crippen molar-refractivity contribution in [1.29, 1.82) is 0 Å². The number of aliphatic hydroxyl groups excluding tert-OH is 1. The number of anilines is 2. The first kappa shape index (κ1) is 23.8. The Bertz CT molecular complexity index is 1140. The molecule has 0 saturated carbocycles. The molecule has 2 aliphatic rings. The zero-order valence-corrected chi connectivity index (χ0v) is 20.3. The Morgan fingerprint density at radius 2 is 2.00 bits per heavy atom. The Hall–Kier alpha value is -2.31. The molecular weight excluding hydrogens is 547 g/mol. The third-order valence-electron chi connectivity index (χ3n) is 6.31. The van der Waals surface area contributed by atoms with Gasteiger partial charge in [-0.3, -0.25) is 9.69 Å². The fourth-order valence-electron chi connectivity index (χ4n) is 4.92. The van der Waals surface area contributed by atoms with Crippen molar-refractivity contribution in [3.63, 3.8) is 0 Å². The van der Waals surface area contributed by atoms with E-state index in [-0.39, 0.29) is 24.6 Å². The predicted octanol–water partition coefficient (Wildman–Crippen LogP) is 3.38. The molecule has 0 bridgehead atoms. The van der Waals surface area contributed by atoms with E-state index < -0.39 is 46.4 Å². The molecule has 2 aromatic rings. The van der Waals surface area contributed by atoms with Crippen LogP contribution in [0.25, 0.3) is 0 Å². The number of hydrogen-bond donors (Lipinski definition) is 3. The zero-order chi connectivity index (χ0) is 24.0. The van der Waals surface area contributed by atoms with Crippen LogP contribution in [0.2, 0.25) is 0 Å². The van der Waals surface area contributed by atoms with Crippen LogP contribution in [0.1, 0.15) is 38.8 Å². The highest BCUT2D eigenvalue weighted by molar-refractivity contribution is 14.1. The highest BCUT2D eigenvalue weighted by atomic mass is 127. The van der Waals surface area contributed by atoms with Crippen LogP contribution >= 0.6 is 22.6 Å². The van der Waals surface area contributed by atoms with E-state index in [0.717, 1.165) is 9.13 Å². The van der Waals surface area contributed by atoms with Gasteiger partial charge in [0.15, 0.2) is 11.6 Å². The minimum absolute atomic E-state index is 0.00337. The Morgan fingerprint density at radius 1 is 1.27 bits per heavy atom. The van der Waals surface area contributed by atoms with Crippen molar-refractivity contribution in [2.75, 3.05) is 31.6 Å². The van der Waals surface area contributed by atoms with Crippen molar-refractivity contribution < 1.29 is 28.6 Å². The summed E-state index contributed by atoms with van der Waals surface area (Å²) in [7, 11) is 0. The lowest BCUT2D eigenvalue weighted by atomic mass is 9.85. The predicted molar refractivity (Wildman–Crippen MR) is 127 cm³/mol. The van der Waals surface area contributed by atoms with E-state index >= 15 is 8.78 Å². The molecule has 0 aliphatic carbocycles. The quantitative estimate of drug-likeness (QED) is 0.477. The monoisotopic (exact) mass is 571 g/mol. The number of nitrogens with one attached hydrogen (secondary N) is 1. The van der Waals surface area contributed by atoms with Crippen LogP contribution in [0.3, 0.4) is 0 Å². The molecule has 7 nitrogen and oxygen atoms in total. The van der Waals surface area contributed by atoms with Crippen LogP contribution in [0.5, 0.6) is 0 Å². The summed E-state index contributed by atoms with van der Waals surface area (Å²) < 4.78 is 31.5. The number of carboxylic acids is 1. The standard InChI is InChI=1S/C23H24F2IN3O4/c1-11-7-13(26)3-4-16(11)27-21-18(23(32)33)15-8-14-10-28(5-6-30)9-12(2)29(14)22(31)17(15)19(24)20(21)25/h3-4,7,12,14,27,30H,5-6,8-10H2,1-2H3,(H,32,33). The van der Waals surface area contributed by atoms with Crippen LogP contribution in [-0.2, 0) is 6.42 Å². The van der Waals surface area contributed by atoms with Crippen molar-refractivity contribution in [1.82, 2.24) is 9.80 Å². The summed E-state index contributed by atoms with van der Waals surface area (Å²) in [4.78, 5) is 29.1. The summed E-state index contributed by atoms with van der Waals surface area (Å²) in [6.07, 6.45) is 0.0759. The van der Waals surface area contributed by atoms with Crippen LogP contribution in [0.4, 0.5) is 20.2 Å². The van der Waals surface area contributed by atoms with Gasteiger partial charge in [-0.1, -0.05) is 0 Å². The SMILES string of the molecule is Cc1cc(I)ccc1Nc1c(F)c(F)c2c(c1C(=O)O)CC1CN(CCO)CC(C)N1C2=O. The molecule has 33 heavy (non-hydrogen) atoms. The number of carbonyl (C=O) groups is 2. The number of benzene rings is 2. The van der Waals surface area contributed by atoms with Crippen molar-refractivity contribution >= 4 is 45.8 Å². The maximum absolute atomic E-state index is 15.3. The average molecular weight is 571 g/mol. The summed E-state index contributed by atoms with van der Waals surface area (Å²) in [6, 6.07) is 4.57. The molecule has 2 heterocycles. The summed E-state index contributed by atoms with van der Waals surface area (Å²) >= 11 is 2.12. The number of piperazine rings is 1. The first-order valence-electron chi connectivity index (χ1n) is 10.6. The van der Waals surface area contributed by atoms with Gasteiger partial charge < -0.3 is 20.4 Å². The van der Waals surface area contributed by atoms with Crippen molar-refractivity contribution in [2.24, 2.45) is 0 Å². The number of halogens is 3. The second-order valence-electron chi connectivity index (χ2n) is 8.52. The summed E-state index contributed by atoms with van der Waals surface area (Å²) in [5.41, 5.74) is -0.244. The number of β-amino-alcohol motifs (C(OH)–C–C–N with tert-alkyl or cyclic N) is 1. The van der Waals surface area contributed by atoms with Gasteiger partial charge in [0.05, 0.1) is 23.4 Å². The van der Waals surface area contributed by atoms with Gasteiger partial charge in [0.1, 0.15) is 0 Å². The maximum Gasteiger partial charge on any atom is 0.338 e. The van der Waals surface area contributed by atoms with Gasteiger partial charge in [0, 0.05) is 41.0 Å². The molecule has 2 atom stereocenters. The molecule has 3 N–H and O–H groups in total. The van der Waals surface area contributed by atoms with Gasteiger partial charge in [0.25, 0.3) is 5.91 Å². The first-order chi connectivity index (χ1) is 15.6. The highest BCUT2D eigenvalue weighted by Crippen LogP contribution is 2.39. The molecule has 2 aromatic carbocycles. The van der Waals surface area contributed by atoms with Gasteiger partial charge in [-0.2, -0.15) is 0 Å². The van der Waals surface area contributed by atoms with Crippen molar-refractivity contribution in [3.8, 4) is 0 Å². The number of aromatic carboxylic acids is 1. The number of nitrogens with zero attached hydrogens (tertiary/aromatic N) is 2. The Balaban J connectivity index is 1.85. The van der Waals surface area contributed by atoms with Crippen LogP contribution in [-0.4, -0.2) is 70.2 Å². The fourth-order valence-corrected chi connectivity index (χ4v) is 5.57. The minimum atomic E-state index is -1.44. The largest absolute Gasteiger partial charge is 0.478 e. The van der Waals surface area contributed by atoms with E-state index in [1.807, 2.05) is 11.0 Å². The fraction of sp³-hybridized carbons (Fsp3) is 0.391. The number of aryl methyl sites for hydroxylation is 1. The molecule has 4 rings (SSSR count). The Morgan fingerprint density at radius 3 is 2.64 bits per heavy atom. The summed E-state index contributed by atoms with van der Waals surface area (Å²) in [5.74, 6) is -4.86. The maximum atomic E-state index is 15.3. The zero-order valence-electron chi connectivity index (χ0n) is 18.2. The Kier molecular flexibility index (Phi) is 6.61. The van der Waals surface area contributed by atoms with E-state index in [9.17, 15) is 19.8 Å². The molecule has 0 aromatic heterocycles. The van der Waals surface area contributed by atoms with Gasteiger partial charge in [0.2, 0.25) is 0 Å². The number of carboxylic acid groups (broad SMARTS) is 1. The smallest absolute Gasteiger partial charge is 0.338 e. The lowest BCUT2D eigenvalue weighted by Crippen LogP contribution is -2.62. The molecule has 2 aliphatic heterocycles. The molecular formula is C23H24F2IN3O4. The topological polar surface area (TPSA) is 93.1 Å². The second kappa shape index (κ2) is 9.15. The van der Waals surface area contributed by atoms with Gasteiger partial charge in [-0.05, 0) is 72.2 Å². The van der Waals surface area contributed by atoms with Gasteiger partial charge in [-0.15, -0.1) is 0 Å². The van der Waals surface area contributed by atoms with Crippen molar-refractivity contribution in [2.45, 2.75) is 32.4 Å². The number of hydrogen-bond acceptors (Lipinski definition) is 5. The first-order valence-corrected chi connectivity index (χ1v) is 11.7. The van der Waals surface area contributed by atoms with Crippen molar-refractivity contribution in [3.05, 3.63) is 55.7 Å². The van der Waals surface area contributed by atoms with E-state index in [1.165, 1.54) is 4.90 Å². The summed E-state index contributed by atoms with van der Waals surface area (Å²) in [6.45, 7) is 4.85. The van der Waals surface area contributed by atoms with E-state index in [1.54, 1.807) is 26.0 Å². The van der Waals surface area contributed by atoms with Gasteiger partial charge >= 0.3 is 5.97 Å².